The average Bonchev–Trinajstić information content (AvgIpc) is 2.64. The molecule has 0 N–H and O–H groups in total. The average molecular weight is 417 g/mol. The lowest BCUT2D eigenvalue weighted by Gasteiger charge is -2.26. The number of carbonyl (C=O) groups excluding carboxylic acids is 3. The second-order valence-electron chi connectivity index (χ2n) is 6.28. The van der Waals surface area contributed by atoms with Gasteiger partial charge in [0.2, 0.25) is 0 Å². The number of rotatable bonds is 9. The van der Waals surface area contributed by atoms with E-state index in [1.165, 1.54) is 20.8 Å². The fraction of sp³-hybridized carbons (Fsp3) is 0.286. The molecule has 0 unspecified atom stereocenters. The normalized spacial score (nSPS) is 10.7. The van der Waals surface area contributed by atoms with Gasteiger partial charge in [-0.25, -0.2) is 0 Å². The summed E-state index contributed by atoms with van der Waals surface area (Å²) in [6, 6.07) is 17.5. The Morgan fingerprint density at radius 2 is 1.28 bits per heavy atom. The molecule has 0 bridgehead atoms. The summed E-state index contributed by atoms with van der Waals surface area (Å²) in [4.78, 5) is 34.4. The maximum Gasteiger partial charge on any atom is 0.705 e. The van der Waals surface area contributed by atoms with Gasteiger partial charge >= 0.3 is 8.80 Å². The van der Waals surface area contributed by atoms with Crippen LogP contribution in [0.3, 0.4) is 0 Å². The molecule has 7 nitrogen and oxygen atoms in total. The van der Waals surface area contributed by atoms with Crippen molar-refractivity contribution in [2.45, 2.75) is 33.2 Å². The van der Waals surface area contributed by atoms with Gasteiger partial charge < -0.3 is 18.0 Å². The van der Waals surface area contributed by atoms with Crippen LogP contribution in [-0.4, -0.2) is 33.3 Å². The highest BCUT2D eigenvalue weighted by Crippen LogP contribution is 2.30. The Hall–Kier alpha value is -3.13. The monoisotopic (exact) mass is 416 g/mol. The van der Waals surface area contributed by atoms with Gasteiger partial charge in [0, 0.05) is 26.3 Å². The van der Waals surface area contributed by atoms with Crippen LogP contribution in [-0.2, 0) is 27.7 Å². The minimum absolute atomic E-state index is 0.0687. The third-order valence-corrected chi connectivity index (χ3v) is 6.52. The number of hydrogen-bond donors (Lipinski definition) is 0. The molecule has 0 aromatic heterocycles. The van der Waals surface area contributed by atoms with E-state index in [0.717, 1.165) is 11.1 Å². The predicted octanol–water partition coefficient (Wildman–Crippen LogP) is 3.75. The van der Waals surface area contributed by atoms with Crippen LogP contribution < -0.4 is 4.74 Å². The van der Waals surface area contributed by atoms with Gasteiger partial charge in [0.15, 0.2) is 0 Å². The third kappa shape index (κ3) is 7.08. The Morgan fingerprint density at radius 1 is 0.759 bits per heavy atom. The zero-order valence-corrected chi connectivity index (χ0v) is 17.7. The molecule has 2 rings (SSSR count). The van der Waals surface area contributed by atoms with Crippen LogP contribution in [0.1, 0.15) is 27.2 Å². The first-order valence-electron chi connectivity index (χ1n) is 9.17. The lowest BCUT2D eigenvalue weighted by atomic mass is 10.1. The molecule has 29 heavy (non-hydrogen) atoms. The van der Waals surface area contributed by atoms with Crippen molar-refractivity contribution in [1.29, 1.82) is 0 Å². The second kappa shape index (κ2) is 10.4. The number of para-hydroxylation sites is 1. The van der Waals surface area contributed by atoms with Gasteiger partial charge in [-0.3, -0.25) is 14.4 Å². The van der Waals surface area contributed by atoms with Crippen LogP contribution in [0.25, 0.3) is 11.1 Å². The van der Waals surface area contributed by atoms with E-state index >= 15 is 0 Å². The molecule has 0 heterocycles. The molecule has 154 valence electrons. The molecule has 2 aromatic carbocycles. The SMILES string of the molecule is CC(=O)O[Si](CCCOc1ccccc1-c1ccccc1)(OC(C)=O)OC(C)=O. The highest BCUT2D eigenvalue weighted by Gasteiger charge is 2.51. The van der Waals surface area contributed by atoms with Crippen molar-refractivity contribution in [3.05, 3.63) is 54.6 Å². The molecule has 0 saturated heterocycles. The van der Waals surface area contributed by atoms with E-state index in [1.807, 2.05) is 54.6 Å². The number of carbonyl (C=O) groups is 3. The van der Waals surface area contributed by atoms with E-state index in [-0.39, 0.29) is 12.7 Å². The van der Waals surface area contributed by atoms with Gasteiger partial charge in [0.25, 0.3) is 17.9 Å². The van der Waals surface area contributed by atoms with Crippen molar-refractivity contribution in [2.75, 3.05) is 6.61 Å². The predicted molar refractivity (Wildman–Crippen MR) is 108 cm³/mol. The fourth-order valence-corrected chi connectivity index (χ4v) is 5.11. The van der Waals surface area contributed by atoms with Gasteiger partial charge in [-0.05, 0) is 18.1 Å². The number of benzene rings is 2. The van der Waals surface area contributed by atoms with Crippen molar-refractivity contribution in [3.8, 4) is 16.9 Å². The smallest absolute Gasteiger partial charge is 0.493 e. The zero-order chi connectivity index (χ0) is 21.3. The lowest BCUT2D eigenvalue weighted by Crippen LogP contribution is -2.49. The van der Waals surface area contributed by atoms with Crippen molar-refractivity contribution < 1.29 is 32.4 Å². The van der Waals surface area contributed by atoms with Crippen LogP contribution in [0.2, 0.25) is 6.04 Å². The van der Waals surface area contributed by atoms with Crippen LogP contribution in [0.4, 0.5) is 0 Å². The zero-order valence-electron chi connectivity index (χ0n) is 16.7. The first-order valence-corrected chi connectivity index (χ1v) is 11.1. The van der Waals surface area contributed by atoms with Crippen LogP contribution in [0, 0.1) is 0 Å². The third-order valence-electron chi connectivity index (χ3n) is 3.75. The first kappa shape index (κ1) is 22.2. The molecule has 0 atom stereocenters. The molecule has 0 spiro atoms. The Morgan fingerprint density at radius 3 is 1.83 bits per heavy atom. The minimum Gasteiger partial charge on any atom is -0.493 e. The van der Waals surface area contributed by atoms with Gasteiger partial charge in [-0.2, -0.15) is 0 Å². The molecular weight excluding hydrogens is 392 g/mol. The van der Waals surface area contributed by atoms with E-state index in [9.17, 15) is 14.4 Å². The maximum atomic E-state index is 11.5. The van der Waals surface area contributed by atoms with Gasteiger partial charge in [0.1, 0.15) is 5.75 Å². The standard InChI is InChI=1S/C21H24O7Si/c1-16(22)26-29(27-17(2)23,28-18(3)24)15-9-14-25-21-13-8-7-12-20(21)19-10-5-4-6-11-19/h4-8,10-13H,9,14-15H2,1-3H3. The molecule has 0 saturated carbocycles. The second-order valence-corrected chi connectivity index (χ2v) is 8.76. The van der Waals surface area contributed by atoms with E-state index in [1.54, 1.807) is 0 Å². The molecule has 0 fully saturated rings. The molecule has 0 radical (unpaired) electrons. The summed E-state index contributed by atoms with van der Waals surface area (Å²) in [6.45, 7) is 3.76. The summed E-state index contributed by atoms with van der Waals surface area (Å²) in [5.74, 6) is -1.36. The van der Waals surface area contributed by atoms with Crippen molar-refractivity contribution in [3.63, 3.8) is 0 Å². The summed E-state index contributed by atoms with van der Waals surface area (Å²) < 4.78 is 21.4. The Balaban J connectivity index is 2.07. The summed E-state index contributed by atoms with van der Waals surface area (Å²) >= 11 is 0. The molecular formula is C21H24O7Si. The van der Waals surface area contributed by atoms with Gasteiger partial charge in [0.05, 0.1) is 12.7 Å². The minimum atomic E-state index is -3.83. The number of hydrogen-bond acceptors (Lipinski definition) is 7. The van der Waals surface area contributed by atoms with Crippen LogP contribution >= 0.6 is 0 Å². The summed E-state index contributed by atoms with van der Waals surface area (Å²) in [7, 11) is -3.83. The Kier molecular flexibility index (Phi) is 7.96. The van der Waals surface area contributed by atoms with E-state index in [0.29, 0.717) is 12.2 Å². The molecule has 2 aromatic rings. The van der Waals surface area contributed by atoms with E-state index in [4.69, 9.17) is 18.0 Å². The van der Waals surface area contributed by atoms with Crippen LogP contribution in [0.15, 0.2) is 54.6 Å². The Bertz CT molecular complexity index is 810. The molecule has 0 aliphatic rings. The van der Waals surface area contributed by atoms with E-state index in [2.05, 4.69) is 0 Å². The van der Waals surface area contributed by atoms with Gasteiger partial charge in [-0.1, -0.05) is 48.5 Å². The van der Waals surface area contributed by atoms with Crippen molar-refractivity contribution >= 4 is 26.7 Å². The molecule has 0 aliphatic carbocycles. The summed E-state index contributed by atoms with van der Waals surface area (Å²) in [5.41, 5.74) is 1.96. The topological polar surface area (TPSA) is 88.1 Å². The Labute approximate surface area is 170 Å². The summed E-state index contributed by atoms with van der Waals surface area (Å²) in [6.07, 6.45) is 0.350. The lowest BCUT2D eigenvalue weighted by molar-refractivity contribution is -0.147. The fourth-order valence-electron chi connectivity index (χ4n) is 2.79. The highest BCUT2D eigenvalue weighted by molar-refractivity contribution is 6.65. The molecule has 0 aliphatic heterocycles. The first-order chi connectivity index (χ1) is 13.8. The number of ether oxygens (including phenoxy) is 1. The molecule has 0 amide bonds. The van der Waals surface area contributed by atoms with Crippen molar-refractivity contribution in [1.82, 2.24) is 0 Å². The van der Waals surface area contributed by atoms with Crippen molar-refractivity contribution in [2.24, 2.45) is 0 Å². The quantitative estimate of drug-likeness (QED) is 0.454. The largest absolute Gasteiger partial charge is 0.705 e. The highest BCUT2D eigenvalue weighted by atomic mass is 28.4. The van der Waals surface area contributed by atoms with Crippen LogP contribution in [0.5, 0.6) is 5.75 Å². The van der Waals surface area contributed by atoms with E-state index < -0.39 is 26.7 Å². The molecule has 8 heteroatoms. The maximum absolute atomic E-state index is 11.5. The summed E-state index contributed by atoms with van der Waals surface area (Å²) in [5, 5.41) is 0. The van der Waals surface area contributed by atoms with Gasteiger partial charge in [-0.15, -0.1) is 0 Å².